The molecular formula is C21H32O. The van der Waals surface area contributed by atoms with Gasteiger partial charge in [0, 0.05) is 12.3 Å². The van der Waals surface area contributed by atoms with Crippen molar-refractivity contribution in [3.63, 3.8) is 0 Å². The summed E-state index contributed by atoms with van der Waals surface area (Å²) in [5.74, 6) is 8.30. The molecule has 1 nitrogen and oxygen atoms in total. The molecule has 1 aromatic carbocycles. The second kappa shape index (κ2) is 8.28. The van der Waals surface area contributed by atoms with E-state index in [1.54, 1.807) is 0 Å². The van der Waals surface area contributed by atoms with Crippen molar-refractivity contribution in [3.8, 4) is 17.6 Å². The molecule has 1 aromatic rings. The van der Waals surface area contributed by atoms with Gasteiger partial charge in [0.1, 0.15) is 5.75 Å². The second-order valence-corrected chi connectivity index (χ2v) is 7.10. The Balaban J connectivity index is 3.20. The van der Waals surface area contributed by atoms with Gasteiger partial charge in [-0.15, -0.1) is 5.92 Å². The lowest BCUT2D eigenvalue weighted by atomic mass is 9.82. The predicted molar refractivity (Wildman–Crippen MR) is 96.6 cm³/mol. The van der Waals surface area contributed by atoms with Crippen molar-refractivity contribution in [2.45, 2.75) is 72.6 Å². The third-order valence-corrected chi connectivity index (χ3v) is 4.08. The van der Waals surface area contributed by atoms with E-state index in [1.165, 1.54) is 11.1 Å². The zero-order valence-corrected chi connectivity index (χ0v) is 15.4. The van der Waals surface area contributed by atoms with Crippen LogP contribution in [0.3, 0.4) is 0 Å². The van der Waals surface area contributed by atoms with Crippen molar-refractivity contribution < 1.29 is 4.74 Å². The molecule has 122 valence electrons. The van der Waals surface area contributed by atoms with Crippen molar-refractivity contribution in [2.24, 2.45) is 5.92 Å². The van der Waals surface area contributed by atoms with E-state index in [-0.39, 0.29) is 5.41 Å². The Labute approximate surface area is 137 Å². The van der Waals surface area contributed by atoms with Crippen LogP contribution in [0.15, 0.2) is 18.2 Å². The van der Waals surface area contributed by atoms with Gasteiger partial charge in [0.05, 0.1) is 6.61 Å². The van der Waals surface area contributed by atoms with E-state index in [0.29, 0.717) is 11.8 Å². The quantitative estimate of drug-likeness (QED) is 0.613. The molecule has 0 N–H and O–H groups in total. The van der Waals surface area contributed by atoms with Gasteiger partial charge in [0.2, 0.25) is 0 Å². The highest BCUT2D eigenvalue weighted by atomic mass is 16.5. The molecular weight excluding hydrogens is 268 g/mol. The van der Waals surface area contributed by atoms with Crippen LogP contribution in [-0.2, 0) is 5.41 Å². The minimum Gasteiger partial charge on any atom is -0.493 e. The van der Waals surface area contributed by atoms with Crippen molar-refractivity contribution in [1.82, 2.24) is 0 Å². The molecule has 2 atom stereocenters. The molecule has 0 saturated carbocycles. The molecule has 0 aromatic heterocycles. The first-order chi connectivity index (χ1) is 10.3. The van der Waals surface area contributed by atoms with Crippen molar-refractivity contribution in [1.29, 1.82) is 0 Å². The largest absolute Gasteiger partial charge is 0.493 e. The van der Waals surface area contributed by atoms with Crippen LogP contribution in [0.2, 0.25) is 0 Å². The second-order valence-electron chi connectivity index (χ2n) is 7.10. The summed E-state index contributed by atoms with van der Waals surface area (Å²) < 4.78 is 5.98. The Hall–Kier alpha value is -1.42. The van der Waals surface area contributed by atoms with Gasteiger partial charge < -0.3 is 4.74 Å². The molecule has 0 saturated heterocycles. The van der Waals surface area contributed by atoms with Crippen LogP contribution in [-0.4, -0.2) is 6.61 Å². The molecule has 0 spiro atoms. The van der Waals surface area contributed by atoms with Crippen molar-refractivity contribution in [2.75, 3.05) is 6.61 Å². The van der Waals surface area contributed by atoms with Gasteiger partial charge in [0.15, 0.2) is 0 Å². The van der Waals surface area contributed by atoms with Gasteiger partial charge >= 0.3 is 0 Å². The van der Waals surface area contributed by atoms with Gasteiger partial charge in [-0.3, -0.25) is 0 Å². The minimum atomic E-state index is 0.149. The molecule has 0 aliphatic rings. The third kappa shape index (κ3) is 5.09. The van der Waals surface area contributed by atoms with E-state index in [4.69, 9.17) is 4.74 Å². The molecule has 22 heavy (non-hydrogen) atoms. The summed E-state index contributed by atoms with van der Waals surface area (Å²) in [5.41, 5.74) is 2.79. The Kier molecular flexibility index (Phi) is 7.01. The maximum Gasteiger partial charge on any atom is 0.122 e. The molecule has 0 radical (unpaired) electrons. The lowest BCUT2D eigenvalue weighted by Crippen LogP contribution is -2.14. The smallest absolute Gasteiger partial charge is 0.122 e. The zero-order chi connectivity index (χ0) is 16.8. The summed E-state index contributed by atoms with van der Waals surface area (Å²) in [6.07, 6.45) is 1.94. The average Bonchev–Trinajstić information content (AvgIpc) is 2.48. The van der Waals surface area contributed by atoms with Crippen LogP contribution in [0, 0.1) is 17.8 Å². The first kappa shape index (κ1) is 18.6. The molecule has 2 unspecified atom stereocenters. The van der Waals surface area contributed by atoms with E-state index in [2.05, 4.69) is 78.5 Å². The molecule has 0 heterocycles. The summed E-state index contributed by atoms with van der Waals surface area (Å²) in [7, 11) is 0. The molecule has 0 amide bonds. The normalized spacial score (nSPS) is 14.0. The van der Waals surface area contributed by atoms with Gasteiger partial charge in [-0.2, -0.15) is 0 Å². The van der Waals surface area contributed by atoms with E-state index < -0.39 is 0 Å². The Bertz CT molecular complexity index is 525. The number of rotatable bonds is 5. The van der Waals surface area contributed by atoms with Crippen LogP contribution in [0.5, 0.6) is 5.75 Å². The van der Waals surface area contributed by atoms with Crippen LogP contribution >= 0.6 is 0 Å². The van der Waals surface area contributed by atoms with E-state index in [9.17, 15) is 0 Å². The molecule has 0 aliphatic carbocycles. The topological polar surface area (TPSA) is 9.23 Å². The highest BCUT2D eigenvalue weighted by Gasteiger charge is 2.21. The SMILES string of the molecule is CCC#CC(C)C(C)c1cc(C(C)(C)C)ccc1OCCC. The average molecular weight is 300 g/mol. The fourth-order valence-corrected chi connectivity index (χ4v) is 2.37. The monoisotopic (exact) mass is 300 g/mol. The summed E-state index contributed by atoms with van der Waals surface area (Å²) >= 11 is 0. The number of benzene rings is 1. The standard InChI is InChI=1S/C21H32O/c1-8-10-11-16(3)17(4)19-15-18(21(5,6)7)12-13-20(19)22-14-9-2/h12-13,15-17H,8-9,14H2,1-7H3. The van der Waals surface area contributed by atoms with Gasteiger partial charge in [-0.1, -0.05) is 66.5 Å². The van der Waals surface area contributed by atoms with Gasteiger partial charge in [0.25, 0.3) is 0 Å². The first-order valence-corrected chi connectivity index (χ1v) is 8.56. The highest BCUT2D eigenvalue weighted by molar-refractivity contribution is 5.42. The zero-order valence-electron chi connectivity index (χ0n) is 15.4. The Morgan fingerprint density at radius 3 is 2.36 bits per heavy atom. The van der Waals surface area contributed by atoms with Gasteiger partial charge in [-0.25, -0.2) is 0 Å². The number of ether oxygens (including phenoxy) is 1. The molecule has 0 aliphatic heterocycles. The van der Waals surface area contributed by atoms with Crippen LogP contribution in [0.25, 0.3) is 0 Å². The van der Waals surface area contributed by atoms with Crippen LogP contribution in [0.4, 0.5) is 0 Å². The van der Waals surface area contributed by atoms with Crippen molar-refractivity contribution >= 4 is 0 Å². The first-order valence-electron chi connectivity index (χ1n) is 8.56. The third-order valence-electron chi connectivity index (χ3n) is 4.08. The number of hydrogen-bond donors (Lipinski definition) is 0. The summed E-state index contributed by atoms with van der Waals surface area (Å²) in [5, 5.41) is 0. The fourth-order valence-electron chi connectivity index (χ4n) is 2.37. The van der Waals surface area contributed by atoms with E-state index in [0.717, 1.165) is 25.2 Å². The maximum absolute atomic E-state index is 5.98. The van der Waals surface area contributed by atoms with E-state index in [1.807, 2.05) is 0 Å². The predicted octanol–water partition coefficient (Wildman–Crippen LogP) is 5.93. The molecule has 1 heteroatoms. The Morgan fingerprint density at radius 1 is 1.14 bits per heavy atom. The fraction of sp³-hybridized carbons (Fsp3) is 0.619. The summed E-state index contributed by atoms with van der Waals surface area (Å²) in [6.45, 7) is 16.2. The molecule has 0 fully saturated rings. The minimum absolute atomic E-state index is 0.149. The molecule has 0 bridgehead atoms. The van der Waals surface area contributed by atoms with Crippen LogP contribution < -0.4 is 4.74 Å². The Morgan fingerprint density at radius 2 is 1.82 bits per heavy atom. The lowest BCUT2D eigenvalue weighted by Gasteiger charge is -2.25. The maximum atomic E-state index is 5.98. The van der Waals surface area contributed by atoms with E-state index >= 15 is 0 Å². The summed E-state index contributed by atoms with van der Waals surface area (Å²) in [6, 6.07) is 6.66. The lowest BCUT2D eigenvalue weighted by molar-refractivity contribution is 0.310. The molecule has 1 rings (SSSR count). The van der Waals surface area contributed by atoms with Gasteiger partial charge in [-0.05, 0) is 34.9 Å². The van der Waals surface area contributed by atoms with Crippen molar-refractivity contribution in [3.05, 3.63) is 29.3 Å². The highest BCUT2D eigenvalue weighted by Crippen LogP contribution is 2.35. The van der Waals surface area contributed by atoms with Crippen LogP contribution in [0.1, 0.15) is 78.4 Å². The number of hydrogen-bond acceptors (Lipinski definition) is 1. The summed E-state index contributed by atoms with van der Waals surface area (Å²) in [4.78, 5) is 0.